The molecule has 5 nitrogen and oxygen atoms in total. The van der Waals surface area contributed by atoms with Gasteiger partial charge in [-0.3, -0.25) is 4.79 Å². The summed E-state index contributed by atoms with van der Waals surface area (Å²) in [5, 5.41) is 12.2. The number of carbonyl (C=O) groups excluding carboxylic acids is 1. The highest BCUT2D eigenvalue weighted by atomic mass is 35.5. The van der Waals surface area contributed by atoms with Gasteiger partial charge in [-0.25, -0.2) is 0 Å². The monoisotopic (exact) mass is 374 g/mol. The summed E-state index contributed by atoms with van der Waals surface area (Å²) >= 11 is 6.04. The van der Waals surface area contributed by atoms with Crippen LogP contribution in [0.2, 0.25) is 5.02 Å². The number of hydrogen-bond donors (Lipinski definition) is 2. The van der Waals surface area contributed by atoms with Gasteiger partial charge >= 0.3 is 0 Å². The van der Waals surface area contributed by atoms with E-state index >= 15 is 0 Å². The molecule has 0 saturated carbocycles. The predicted octanol–water partition coefficient (Wildman–Crippen LogP) is 2.02. The van der Waals surface area contributed by atoms with E-state index in [1.165, 1.54) is 0 Å². The van der Waals surface area contributed by atoms with E-state index in [0.29, 0.717) is 6.54 Å². The van der Waals surface area contributed by atoms with Crippen LogP contribution < -0.4 is 10.2 Å². The summed E-state index contributed by atoms with van der Waals surface area (Å²) in [6.07, 6.45) is 0. The maximum atomic E-state index is 12.5. The van der Waals surface area contributed by atoms with Crippen LogP contribution in [0.25, 0.3) is 0 Å². The number of piperazine rings is 1. The van der Waals surface area contributed by atoms with Crippen molar-refractivity contribution < 1.29 is 15.2 Å². The topological polar surface area (TPSA) is 60.4 Å². The summed E-state index contributed by atoms with van der Waals surface area (Å²) < 4.78 is 0. The van der Waals surface area contributed by atoms with E-state index < -0.39 is 0 Å². The molecule has 1 heterocycles. The van der Waals surface area contributed by atoms with E-state index in [2.05, 4.69) is 17.1 Å². The molecular weight excluding hydrogens is 350 g/mol. The summed E-state index contributed by atoms with van der Waals surface area (Å²) in [7, 11) is 0. The molecule has 1 aliphatic rings. The summed E-state index contributed by atoms with van der Waals surface area (Å²) in [6, 6.07) is 15.2. The lowest BCUT2D eigenvalue weighted by Crippen LogP contribution is -2.87. The summed E-state index contributed by atoms with van der Waals surface area (Å²) in [5.41, 5.74) is 2.21. The average molecular weight is 375 g/mol. The molecule has 3 rings (SSSR count). The first-order chi connectivity index (χ1) is 12.5. The Labute approximate surface area is 159 Å². The number of hydrogen-bond acceptors (Lipinski definition) is 3. The molecular formula is C20H25ClN3O2+. The number of aromatic hydroxyl groups is 1. The minimum absolute atomic E-state index is 0.171. The molecule has 0 radical (unpaired) electrons. The van der Waals surface area contributed by atoms with Gasteiger partial charge in [-0.15, -0.1) is 0 Å². The number of nitrogens with two attached hydrogens (primary N) is 1. The molecule has 1 fully saturated rings. The Morgan fingerprint density at radius 1 is 1.15 bits per heavy atom. The Morgan fingerprint density at radius 2 is 1.85 bits per heavy atom. The smallest absolute Gasteiger partial charge is 0.277 e. The second kappa shape index (κ2) is 8.43. The fraction of sp³-hybridized carbons (Fsp3) is 0.350. The Hall–Kier alpha value is -2.24. The molecule has 1 aliphatic heterocycles. The van der Waals surface area contributed by atoms with Gasteiger partial charge in [-0.05, 0) is 43.3 Å². The molecule has 2 aromatic carbocycles. The second-order valence-corrected chi connectivity index (χ2v) is 7.10. The molecule has 2 aromatic rings. The van der Waals surface area contributed by atoms with Gasteiger partial charge in [-0.1, -0.05) is 23.7 Å². The van der Waals surface area contributed by atoms with E-state index in [9.17, 15) is 9.90 Å². The number of halogens is 1. The third-order valence-electron chi connectivity index (χ3n) is 4.87. The van der Waals surface area contributed by atoms with Crippen molar-refractivity contribution in [3.63, 3.8) is 0 Å². The van der Waals surface area contributed by atoms with E-state index in [1.807, 2.05) is 41.3 Å². The van der Waals surface area contributed by atoms with Gasteiger partial charge in [0.05, 0.1) is 0 Å². The van der Waals surface area contributed by atoms with Gasteiger partial charge in [0.25, 0.3) is 5.91 Å². The largest absolute Gasteiger partial charge is 0.508 e. The molecule has 0 aliphatic carbocycles. The van der Waals surface area contributed by atoms with E-state index in [0.717, 1.165) is 42.5 Å². The van der Waals surface area contributed by atoms with Crippen molar-refractivity contribution in [2.24, 2.45) is 0 Å². The fourth-order valence-electron chi connectivity index (χ4n) is 3.21. The van der Waals surface area contributed by atoms with Crippen molar-refractivity contribution in [1.29, 1.82) is 0 Å². The standard InChI is InChI=1S/C20H24ClN3O2/c1-15(16-3-2-4-17(21)13-16)22-14-20(26)24-11-9-23(10-12-24)18-5-7-19(25)8-6-18/h2-8,13,15,22,25H,9-12,14H2,1H3/p+1/t15-/m0/s1. The lowest BCUT2D eigenvalue weighted by molar-refractivity contribution is -0.683. The Kier molecular flexibility index (Phi) is 6.01. The van der Waals surface area contributed by atoms with Crippen LogP contribution in [0.4, 0.5) is 5.69 Å². The van der Waals surface area contributed by atoms with Crippen LogP contribution in [0.1, 0.15) is 18.5 Å². The Morgan fingerprint density at radius 3 is 2.50 bits per heavy atom. The average Bonchev–Trinajstić information content (AvgIpc) is 2.66. The zero-order chi connectivity index (χ0) is 18.5. The first-order valence-electron chi connectivity index (χ1n) is 8.93. The summed E-state index contributed by atoms with van der Waals surface area (Å²) in [5.74, 6) is 0.441. The third-order valence-corrected chi connectivity index (χ3v) is 5.10. The minimum atomic E-state index is 0.171. The molecule has 0 bridgehead atoms. The molecule has 0 aromatic heterocycles. The van der Waals surface area contributed by atoms with Crippen LogP contribution in [0.5, 0.6) is 5.75 Å². The maximum Gasteiger partial charge on any atom is 0.277 e. The van der Waals surface area contributed by atoms with Crippen LogP contribution in [0.15, 0.2) is 48.5 Å². The Bertz CT molecular complexity index is 743. The van der Waals surface area contributed by atoms with E-state index in [4.69, 9.17) is 11.6 Å². The van der Waals surface area contributed by atoms with Gasteiger partial charge < -0.3 is 20.2 Å². The van der Waals surface area contributed by atoms with Crippen LogP contribution >= 0.6 is 11.6 Å². The SMILES string of the molecule is C[C@H]([NH2+]CC(=O)N1CCN(c2ccc(O)cc2)CC1)c1cccc(Cl)c1. The molecule has 1 saturated heterocycles. The first kappa shape index (κ1) is 18.5. The number of amides is 1. The van der Waals surface area contributed by atoms with Gasteiger partial charge in [0.1, 0.15) is 11.8 Å². The van der Waals surface area contributed by atoms with Crippen LogP contribution in [0, 0.1) is 0 Å². The predicted molar refractivity (Wildman–Crippen MR) is 104 cm³/mol. The highest BCUT2D eigenvalue weighted by molar-refractivity contribution is 6.30. The number of phenols is 1. The van der Waals surface area contributed by atoms with E-state index in [1.54, 1.807) is 12.1 Å². The summed E-state index contributed by atoms with van der Waals surface area (Å²) in [4.78, 5) is 16.7. The number of phenolic OH excluding ortho intramolecular Hbond substituents is 1. The number of rotatable bonds is 5. The third kappa shape index (κ3) is 4.68. The van der Waals surface area contributed by atoms with Crippen molar-refractivity contribution in [2.75, 3.05) is 37.6 Å². The lowest BCUT2D eigenvalue weighted by Gasteiger charge is -2.36. The molecule has 1 amide bonds. The number of carbonyl (C=O) groups is 1. The fourth-order valence-corrected chi connectivity index (χ4v) is 3.41. The first-order valence-corrected chi connectivity index (χ1v) is 9.31. The van der Waals surface area contributed by atoms with Crippen LogP contribution in [-0.2, 0) is 4.79 Å². The van der Waals surface area contributed by atoms with Gasteiger partial charge in [0.2, 0.25) is 0 Å². The number of benzene rings is 2. The normalized spacial score (nSPS) is 15.8. The molecule has 138 valence electrons. The van der Waals surface area contributed by atoms with Crippen molar-refractivity contribution in [2.45, 2.75) is 13.0 Å². The van der Waals surface area contributed by atoms with Crippen LogP contribution in [0.3, 0.4) is 0 Å². The molecule has 3 N–H and O–H groups in total. The molecule has 0 spiro atoms. The Balaban J connectivity index is 1.47. The van der Waals surface area contributed by atoms with Gasteiger partial charge in [0.15, 0.2) is 6.54 Å². The molecule has 26 heavy (non-hydrogen) atoms. The summed E-state index contributed by atoms with van der Waals surface area (Å²) in [6.45, 7) is 5.58. The number of quaternary nitrogens is 1. The molecule has 0 unspecified atom stereocenters. The molecule has 6 heteroatoms. The second-order valence-electron chi connectivity index (χ2n) is 6.67. The zero-order valence-electron chi connectivity index (χ0n) is 14.9. The number of nitrogens with zero attached hydrogens (tertiary/aromatic N) is 2. The van der Waals surface area contributed by atoms with E-state index in [-0.39, 0.29) is 17.7 Å². The van der Waals surface area contributed by atoms with Gasteiger partial charge in [-0.2, -0.15) is 0 Å². The minimum Gasteiger partial charge on any atom is -0.508 e. The van der Waals surface area contributed by atoms with Crippen LogP contribution in [-0.4, -0.2) is 48.6 Å². The number of anilines is 1. The zero-order valence-corrected chi connectivity index (χ0v) is 15.7. The van der Waals surface area contributed by atoms with Crippen molar-refractivity contribution in [3.05, 3.63) is 59.1 Å². The van der Waals surface area contributed by atoms with Gasteiger partial charge in [0, 0.05) is 42.5 Å². The van der Waals surface area contributed by atoms with Crippen molar-refractivity contribution >= 4 is 23.2 Å². The maximum absolute atomic E-state index is 12.5. The molecule has 1 atom stereocenters. The van der Waals surface area contributed by atoms with Crippen molar-refractivity contribution in [3.8, 4) is 5.75 Å². The lowest BCUT2D eigenvalue weighted by atomic mass is 10.1. The van der Waals surface area contributed by atoms with Crippen molar-refractivity contribution in [1.82, 2.24) is 4.90 Å². The quantitative estimate of drug-likeness (QED) is 0.841. The highest BCUT2D eigenvalue weighted by Crippen LogP contribution is 2.20. The highest BCUT2D eigenvalue weighted by Gasteiger charge is 2.23.